The maximum absolute atomic E-state index is 12.9. The zero-order valence-electron chi connectivity index (χ0n) is 17.2. The Bertz CT molecular complexity index is 1080. The average molecular weight is 436 g/mol. The van der Waals surface area contributed by atoms with Crippen LogP contribution in [0.25, 0.3) is 10.2 Å². The highest BCUT2D eigenvalue weighted by Crippen LogP contribution is 2.60. The van der Waals surface area contributed by atoms with Crippen LogP contribution in [-0.4, -0.2) is 21.8 Å². The molecule has 31 heavy (non-hydrogen) atoms. The minimum Gasteiger partial charge on any atom is -0.426 e. The Morgan fingerprint density at radius 1 is 1.06 bits per heavy atom. The SMILES string of the molecule is NC(=O)c1cccnc1.O=C(Oc1ccc2ncsc2c1)C12CC3CC(CC(C3)C1)C2. The first-order valence-corrected chi connectivity index (χ1v) is 11.6. The van der Waals surface area contributed by atoms with Crippen molar-refractivity contribution in [2.75, 3.05) is 0 Å². The van der Waals surface area contributed by atoms with Crippen LogP contribution in [-0.2, 0) is 4.79 Å². The number of carbonyl (C=O) groups is 2. The van der Waals surface area contributed by atoms with Crippen molar-refractivity contribution in [3.05, 3.63) is 53.8 Å². The van der Waals surface area contributed by atoms with E-state index in [1.165, 1.54) is 25.5 Å². The molecule has 4 aliphatic rings. The van der Waals surface area contributed by atoms with Crippen molar-refractivity contribution in [2.45, 2.75) is 38.5 Å². The Hall–Kier alpha value is -2.80. The van der Waals surface area contributed by atoms with Crippen LogP contribution in [0.2, 0.25) is 0 Å². The van der Waals surface area contributed by atoms with Crippen molar-refractivity contribution in [1.29, 1.82) is 0 Å². The van der Waals surface area contributed by atoms with Gasteiger partial charge >= 0.3 is 5.97 Å². The van der Waals surface area contributed by atoms with E-state index in [4.69, 9.17) is 10.5 Å². The van der Waals surface area contributed by atoms with Gasteiger partial charge in [0.25, 0.3) is 0 Å². The lowest BCUT2D eigenvalue weighted by atomic mass is 9.49. The van der Waals surface area contributed by atoms with E-state index >= 15 is 0 Å². The number of fused-ring (bicyclic) bond motifs is 1. The van der Waals surface area contributed by atoms with E-state index in [2.05, 4.69) is 9.97 Å². The lowest BCUT2D eigenvalue weighted by Gasteiger charge is -2.55. The molecule has 0 spiro atoms. The summed E-state index contributed by atoms with van der Waals surface area (Å²) in [7, 11) is 0. The first kappa shape index (κ1) is 20.1. The topological polar surface area (TPSA) is 95.2 Å². The standard InChI is InChI=1S/C18H19NO2S.C6H6N2O/c20-17(21-14-1-2-15-16(6-14)22-10-19-15)18-7-11-3-12(8-18)5-13(4-11)9-18;7-6(9)5-2-1-3-8-4-5/h1-2,6,10-13H,3-5,7-9H2;1-4H,(H2,7,9). The van der Waals surface area contributed by atoms with Crippen LogP contribution in [0.3, 0.4) is 0 Å². The number of esters is 1. The molecule has 4 bridgehead atoms. The molecule has 1 amide bonds. The molecule has 0 unspecified atom stereocenters. The lowest BCUT2D eigenvalue weighted by molar-refractivity contribution is -0.161. The molecule has 4 fully saturated rings. The van der Waals surface area contributed by atoms with E-state index < -0.39 is 5.91 Å². The van der Waals surface area contributed by atoms with E-state index in [0.29, 0.717) is 11.3 Å². The quantitative estimate of drug-likeness (QED) is 0.479. The maximum atomic E-state index is 12.9. The molecule has 4 saturated carbocycles. The minimum absolute atomic E-state index is 0.0236. The van der Waals surface area contributed by atoms with Crippen LogP contribution in [0.1, 0.15) is 48.9 Å². The van der Waals surface area contributed by atoms with E-state index in [0.717, 1.165) is 47.2 Å². The van der Waals surface area contributed by atoms with Gasteiger partial charge in [0, 0.05) is 18.5 Å². The highest BCUT2D eigenvalue weighted by atomic mass is 32.1. The third-order valence-corrected chi connectivity index (χ3v) is 7.72. The summed E-state index contributed by atoms with van der Waals surface area (Å²) in [5, 5.41) is 0. The summed E-state index contributed by atoms with van der Waals surface area (Å²) in [5.74, 6) is 2.56. The fraction of sp³-hybridized carbons (Fsp3) is 0.417. The zero-order valence-corrected chi connectivity index (χ0v) is 18.0. The third kappa shape index (κ3) is 4.06. The molecule has 3 aromatic rings. The normalized spacial score (nSPS) is 28.1. The molecule has 2 heterocycles. The Balaban J connectivity index is 0.000000192. The largest absolute Gasteiger partial charge is 0.426 e. The molecule has 4 aliphatic carbocycles. The number of thiazole rings is 1. The van der Waals surface area contributed by atoms with E-state index in [-0.39, 0.29) is 11.4 Å². The highest BCUT2D eigenvalue weighted by molar-refractivity contribution is 7.16. The maximum Gasteiger partial charge on any atom is 0.317 e. The van der Waals surface area contributed by atoms with Crippen LogP contribution in [0.5, 0.6) is 5.75 Å². The molecule has 0 radical (unpaired) electrons. The molecule has 2 aromatic heterocycles. The Labute approximate surface area is 184 Å². The molecule has 0 atom stereocenters. The summed E-state index contributed by atoms with van der Waals surface area (Å²) in [6, 6.07) is 9.05. The smallest absolute Gasteiger partial charge is 0.317 e. The lowest BCUT2D eigenvalue weighted by Crippen LogP contribution is -2.51. The highest BCUT2D eigenvalue weighted by Gasteiger charge is 2.55. The number of amides is 1. The molecule has 0 saturated heterocycles. The number of aromatic nitrogens is 2. The van der Waals surface area contributed by atoms with Crippen LogP contribution in [0, 0.1) is 23.2 Å². The van der Waals surface area contributed by atoms with E-state index in [1.54, 1.807) is 29.7 Å². The number of carbonyl (C=O) groups excluding carboxylic acids is 2. The first-order valence-electron chi connectivity index (χ1n) is 10.8. The molecule has 160 valence electrons. The zero-order chi connectivity index (χ0) is 21.4. The fourth-order valence-corrected chi connectivity index (χ4v) is 6.69. The number of pyridine rings is 1. The summed E-state index contributed by atoms with van der Waals surface area (Å²) in [5.41, 5.74) is 7.99. The van der Waals surface area contributed by atoms with Crippen LogP contribution in [0.4, 0.5) is 0 Å². The molecule has 2 N–H and O–H groups in total. The van der Waals surface area contributed by atoms with Gasteiger partial charge in [0.05, 0.1) is 26.7 Å². The van der Waals surface area contributed by atoms with Crippen molar-refractivity contribution in [3.8, 4) is 5.75 Å². The Morgan fingerprint density at radius 3 is 2.35 bits per heavy atom. The van der Waals surface area contributed by atoms with Crippen molar-refractivity contribution in [2.24, 2.45) is 28.9 Å². The van der Waals surface area contributed by atoms with Gasteiger partial charge in [0.2, 0.25) is 5.91 Å². The van der Waals surface area contributed by atoms with Gasteiger partial charge in [-0.25, -0.2) is 4.98 Å². The molecular formula is C24H25N3O3S. The van der Waals surface area contributed by atoms with Gasteiger partial charge in [-0.3, -0.25) is 14.6 Å². The average Bonchev–Trinajstić information content (AvgIpc) is 3.22. The second kappa shape index (κ2) is 8.04. The van der Waals surface area contributed by atoms with Crippen molar-refractivity contribution in [1.82, 2.24) is 9.97 Å². The number of nitrogens with two attached hydrogens (primary N) is 1. The van der Waals surface area contributed by atoms with Gasteiger partial charge in [-0.1, -0.05) is 0 Å². The number of primary amides is 1. The number of hydrogen-bond acceptors (Lipinski definition) is 6. The Morgan fingerprint density at radius 2 is 1.77 bits per heavy atom. The third-order valence-electron chi connectivity index (χ3n) is 6.93. The van der Waals surface area contributed by atoms with Gasteiger partial charge in [0.1, 0.15) is 5.75 Å². The summed E-state index contributed by atoms with van der Waals surface area (Å²) < 4.78 is 6.90. The molecule has 0 aliphatic heterocycles. The van der Waals surface area contributed by atoms with Gasteiger partial charge in [-0.2, -0.15) is 0 Å². The molecular weight excluding hydrogens is 410 g/mol. The van der Waals surface area contributed by atoms with Gasteiger partial charge in [-0.15, -0.1) is 11.3 Å². The van der Waals surface area contributed by atoms with Gasteiger partial charge in [-0.05, 0) is 80.5 Å². The molecule has 7 heteroatoms. The fourth-order valence-electron chi connectivity index (χ4n) is 5.98. The minimum atomic E-state index is -0.442. The molecule has 7 rings (SSSR count). The van der Waals surface area contributed by atoms with Crippen molar-refractivity contribution in [3.63, 3.8) is 0 Å². The molecule has 6 nitrogen and oxygen atoms in total. The monoisotopic (exact) mass is 435 g/mol. The number of rotatable bonds is 3. The number of hydrogen-bond donors (Lipinski definition) is 1. The van der Waals surface area contributed by atoms with E-state index in [1.807, 2.05) is 23.7 Å². The number of ether oxygens (including phenoxy) is 1. The Kier molecular flexibility index (Phi) is 5.22. The summed E-state index contributed by atoms with van der Waals surface area (Å²) >= 11 is 1.59. The predicted molar refractivity (Wildman–Crippen MR) is 119 cm³/mol. The van der Waals surface area contributed by atoms with E-state index in [9.17, 15) is 9.59 Å². The summed E-state index contributed by atoms with van der Waals surface area (Å²) in [6.45, 7) is 0. The summed E-state index contributed by atoms with van der Waals surface area (Å²) in [6.07, 6.45) is 10.2. The summed E-state index contributed by atoms with van der Waals surface area (Å²) in [4.78, 5) is 31.3. The number of nitrogens with zero attached hydrogens (tertiary/aromatic N) is 2. The van der Waals surface area contributed by atoms with Gasteiger partial charge < -0.3 is 10.5 Å². The van der Waals surface area contributed by atoms with Crippen LogP contribution in [0.15, 0.2) is 48.2 Å². The van der Waals surface area contributed by atoms with Crippen molar-refractivity contribution < 1.29 is 14.3 Å². The van der Waals surface area contributed by atoms with Gasteiger partial charge in [0.15, 0.2) is 0 Å². The van der Waals surface area contributed by atoms with Crippen LogP contribution >= 0.6 is 11.3 Å². The predicted octanol–water partition coefficient (Wildman–Crippen LogP) is 4.60. The van der Waals surface area contributed by atoms with Crippen molar-refractivity contribution >= 4 is 33.4 Å². The second-order valence-electron chi connectivity index (χ2n) is 9.18. The first-order chi connectivity index (χ1) is 15.0. The molecule has 1 aromatic carbocycles. The second-order valence-corrected chi connectivity index (χ2v) is 10.1. The number of benzene rings is 1. The van der Waals surface area contributed by atoms with Crippen LogP contribution < -0.4 is 10.5 Å².